The maximum absolute atomic E-state index is 11.8. The minimum absolute atomic E-state index is 0.108. The van der Waals surface area contributed by atoms with Gasteiger partial charge in [-0.3, -0.25) is 4.79 Å². The zero-order valence-corrected chi connectivity index (χ0v) is 11.8. The van der Waals surface area contributed by atoms with Gasteiger partial charge in [0.15, 0.2) is 0 Å². The van der Waals surface area contributed by atoms with E-state index in [0.29, 0.717) is 19.6 Å². The van der Waals surface area contributed by atoms with Crippen molar-refractivity contribution >= 4 is 11.9 Å². The number of urea groups is 1. The lowest BCUT2D eigenvalue weighted by molar-refractivity contribution is -0.122. The highest BCUT2D eigenvalue weighted by molar-refractivity contribution is 5.80. The van der Waals surface area contributed by atoms with E-state index in [-0.39, 0.29) is 17.9 Å². The minimum atomic E-state index is -0.130. The first-order valence-corrected chi connectivity index (χ1v) is 6.97. The van der Waals surface area contributed by atoms with Gasteiger partial charge in [-0.1, -0.05) is 30.3 Å². The van der Waals surface area contributed by atoms with Crippen LogP contribution in [0.4, 0.5) is 4.79 Å². The van der Waals surface area contributed by atoms with E-state index in [1.165, 1.54) is 0 Å². The number of nitrogens with zero attached hydrogens (tertiary/aromatic N) is 1. The number of hydrogen-bond acceptors (Lipinski definition) is 2. The molecule has 108 valence electrons. The molecule has 0 aliphatic heterocycles. The number of hydrogen-bond donors (Lipinski definition) is 2. The molecule has 3 amide bonds. The van der Waals surface area contributed by atoms with Gasteiger partial charge in [0.2, 0.25) is 5.91 Å². The molecule has 20 heavy (non-hydrogen) atoms. The van der Waals surface area contributed by atoms with Crippen molar-refractivity contribution in [3.05, 3.63) is 35.9 Å². The molecule has 0 aromatic heterocycles. The molecule has 1 aromatic rings. The van der Waals surface area contributed by atoms with Gasteiger partial charge in [0.05, 0.1) is 0 Å². The summed E-state index contributed by atoms with van der Waals surface area (Å²) in [4.78, 5) is 24.9. The molecule has 0 saturated heterocycles. The van der Waals surface area contributed by atoms with Crippen molar-refractivity contribution < 1.29 is 9.59 Å². The Morgan fingerprint density at radius 3 is 2.45 bits per heavy atom. The molecule has 0 spiro atoms. The lowest BCUT2D eigenvalue weighted by Gasteiger charge is -2.18. The van der Waals surface area contributed by atoms with Crippen LogP contribution in [0.3, 0.4) is 0 Å². The number of benzene rings is 1. The molecule has 0 bridgehead atoms. The summed E-state index contributed by atoms with van der Waals surface area (Å²) in [5.41, 5.74) is 1.09. The van der Waals surface area contributed by atoms with E-state index in [1.54, 1.807) is 11.9 Å². The molecule has 1 saturated carbocycles. The smallest absolute Gasteiger partial charge is 0.317 e. The van der Waals surface area contributed by atoms with Crippen LogP contribution < -0.4 is 10.6 Å². The lowest BCUT2D eigenvalue weighted by atomic mass is 10.2. The highest BCUT2D eigenvalue weighted by atomic mass is 16.2. The Bertz CT molecular complexity index is 457. The summed E-state index contributed by atoms with van der Waals surface area (Å²) in [6.45, 7) is 1.51. The van der Waals surface area contributed by atoms with Crippen molar-refractivity contribution in [1.82, 2.24) is 15.5 Å². The molecule has 1 fully saturated rings. The number of carbonyl (C=O) groups is 2. The maximum Gasteiger partial charge on any atom is 0.317 e. The topological polar surface area (TPSA) is 61.4 Å². The molecule has 0 heterocycles. The fourth-order valence-electron chi connectivity index (χ4n) is 1.91. The van der Waals surface area contributed by atoms with Crippen LogP contribution in [0.25, 0.3) is 0 Å². The summed E-state index contributed by atoms with van der Waals surface area (Å²) in [5, 5.41) is 5.61. The van der Waals surface area contributed by atoms with Crippen molar-refractivity contribution in [2.24, 2.45) is 5.92 Å². The van der Waals surface area contributed by atoms with E-state index >= 15 is 0 Å². The predicted octanol–water partition coefficient (Wildman–Crippen LogP) is 1.35. The van der Waals surface area contributed by atoms with E-state index in [4.69, 9.17) is 0 Å². The summed E-state index contributed by atoms with van der Waals surface area (Å²) < 4.78 is 0. The van der Waals surface area contributed by atoms with Gasteiger partial charge < -0.3 is 15.5 Å². The highest BCUT2D eigenvalue weighted by Crippen LogP contribution is 2.28. The van der Waals surface area contributed by atoms with Crippen LogP contribution in [0.1, 0.15) is 18.4 Å². The van der Waals surface area contributed by atoms with Gasteiger partial charge in [-0.25, -0.2) is 4.79 Å². The van der Waals surface area contributed by atoms with Crippen molar-refractivity contribution in [1.29, 1.82) is 0 Å². The third kappa shape index (κ3) is 4.57. The molecule has 0 atom stereocenters. The van der Waals surface area contributed by atoms with Gasteiger partial charge in [-0.15, -0.1) is 0 Å². The Labute approximate surface area is 119 Å². The van der Waals surface area contributed by atoms with Gasteiger partial charge in [0.1, 0.15) is 0 Å². The van der Waals surface area contributed by atoms with Gasteiger partial charge in [-0.2, -0.15) is 0 Å². The second kappa shape index (κ2) is 6.93. The van der Waals surface area contributed by atoms with Gasteiger partial charge in [-0.05, 0) is 18.4 Å². The molecule has 0 radical (unpaired) electrons. The monoisotopic (exact) mass is 275 g/mol. The minimum Gasteiger partial charge on any atom is -0.354 e. The second-order valence-electron chi connectivity index (χ2n) is 5.14. The molecule has 1 aliphatic carbocycles. The third-order valence-corrected chi connectivity index (χ3v) is 3.26. The predicted molar refractivity (Wildman–Crippen MR) is 77.0 cm³/mol. The quantitative estimate of drug-likeness (QED) is 0.770. The fourth-order valence-corrected chi connectivity index (χ4v) is 1.91. The maximum atomic E-state index is 11.8. The third-order valence-electron chi connectivity index (χ3n) is 3.26. The van der Waals surface area contributed by atoms with Crippen LogP contribution in [0.5, 0.6) is 0 Å². The first-order chi connectivity index (χ1) is 9.66. The average molecular weight is 275 g/mol. The first-order valence-electron chi connectivity index (χ1n) is 6.97. The van der Waals surface area contributed by atoms with Crippen molar-refractivity contribution in [3.63, 3.8) is 0 Å². The van der Waals surface area contributed by atoms with Gasteiger partial charge in [0.25, 0.3) is 0 Å². The number of carbonyl (C=O) groups excluding carboxylic acids is 2. The molecule has 1 aromatic carbocycles. The van der Waals surface area contributed by atoms with Crippen LogP contribution in [0.15, 0.2) is 30.3 Å². The summed E-state index contributed by atoms with van der Waals surface area (Å²) >= 11 is 0. The summed E-state index contributed by atoms with van der Waals surface area (Å²) in [6, 6.07) is 9.70. The first kappa shape index (κ1) is 14.4. The van der Waals surface area contributed by atoms with Crippen LogP contribution in [-0.4, -0.2) is 37.0 Å². The summed E-state index contributed by atoms with van der Waals surface area (Å²) in [6.07, 6.45) is 2.00. The molecule has 2 rings (SSSR count). The standard InChI is InChI=1S/C15H21N3O2/c1-18(11-12-5-3-2-4-6-12)15(20)17-10-9-16-14(19)13-7-8-13/h2-6,13H,7-11H2,1H3,(H,16,19)(H,17,20). The summed E-state index contributed by atoms with van der Waals surface area (Å²) in [5.74, 6) is 0.323. The van der Waals surface area contributed by atoms with E-state index in [1.807, 2.05) is 30.3 Å². The Morgan fingerprint density at radius 1 is 1.15 bits per heavy atom. The number of rotatable bonds is 6. The number of amides is 3. The SMILES string of the molecule is CN(Cc1ccccc1)C(=O)NCCNC(=O)C1CC1. The Kier molecular flexibility index (Phi) is 4.98. The Balaban J connectivity index is 1.62. The lowest BCUT2D eigenvalue weighted by Crippen LogP contribution is -2.41. The zero-order chi connectivity index (χ0) is 14.4. The fraction of sp³-hybridized carbons (Fsp3) is 0.467. The van der Waals surface area contributed by atoms with Crippen molar-refractivity contribution in [3.8, 4) is 0 Å². The van der Waals surface area contributed by atoms with Crippen molar-refractivity contribution in [2.45, 2.75) is 19.4 Å². The van der Waals surface area contributed by atoms with Crippen LogP contribution >= 0.6 is 0 Å². The van der Waals surface area contributed by atoms with Gasteiger partial charge >= 0.3 is 6.03 Å². The largest absolute Gasteiger partial charge is 0.354 e. The Hall–Kier alpha value is -2.04. The molecule has 5 nitrogen and oxygen atoms in total. The van der Waals surface area contributed by atoms with Crippen molar-refractivity contribution in [2.75, 3.05) is 20.1 Å². The second-order valence-corrected chi connectivity index (χ2v) is 5.14. The zero-order valence-electron chi connectivity index (χ0n) is 11.8. The normalized spacial score (nSPS) is 13.7. The molecule has 1 aliphatic rings. The Morgan fingerprint density at radius 2 is 1.80 bits per heavy atom. The molecule has 5 heteroatoms. The van der Waals surface area contributed by atoms with E-state index in [9.17, 15) is 9.59 Å². The summed E-state index contributed by atoms with van der Waals surface area (Å²) in [7, 11) is 1.76. The molecule has 2 N–H and O–H groups in total. The van der Waals surface area contributed by atoms with Crippen LogP contribution in [-0.2, 0) is 11.3 Å². The molecule has 0 unspecified atom stereocenters. The van der Waals surface area contributed by atoms with Gasteiger partial charge in [0, 0.05) is 32.6 Å². The van der Waals surface area contributed by atoms with E-state index < -0.39 is 0 Å². The van der Waals surface area contributed by atoms with E-state index in [2.05, 4.69) is 10.6 Å². The van der Waals surface area contributed by atoms with Crippen LogP contribution in [0.2, 0.25) is 0 Å². The molecular formula is C15H21N3O2. The highest BCUT2D eigenvalue weighted by Gasteiger charge is 2.28. The molecular weight excluding hydrogens is 254 g/mol. The van der Waals surface area contributed by atoms with Crippen LogP contribution in [0, 0.1) is 5.92 Å². The average Bonchev–Trinajstić information content (AvgIpc) is 3.28. The number of nitrogens with one attached hydrogen (secondary N) is 2. The van der Waals surface area contributed by atoms with E-state index in [0.717, 1.165) is 18.4 Å².